The van der Waals surface area contributed by atoms with Gasteiger partial charge in [-0.05, 0) is 13.8 Å². The van der Waals surface area contributed by atoms with Crippen molar-refractivity contribution in [2.75, 3.05) is 13.7 Å². The molecule has 78 valence electrons. The highest BCUT2D eigenvalue weighted by Crippen LogP contribution is 2.14. The van der Waals surface area contributed by atoms with Crippen LogP contribution >= 0.6 is 11.7 Å². The van der Waals surface area contributed by atoms with Gasteiger partial charge in [0.1, 0.15) is 0 Å². The highest BCUT2D eigenvalue weighted by Gasteiger charge is 2.28. The van der Waals surface area contributed by atoms with Crippen LogP contribution in [0.3, 0.4) is 0 Å². The molecule has 6 heteroatoms. The molecule has 0 aliphatic heterocycles. The van der Waals surface area contributed by atoms with E-state index in [2.05, 4.69) is 8.75 Å². The van der Waals surface area contributed by atoms with Gasteiger partial charge in [-0.15, -0.1) is 0 Å². The number of rotatable bonds is 3. The molecule has 0 aliphatic rings. The van der Waals surface area contributed by atoms with E-state index in [0.29, 0.717) is 5.69 Å². The molecule has 0 fully saturated rings. The molecule has 1 amide bonds. The van der Waals surface area contributed by atoms with Crippen molar-refractivity contribution in [3.63, 3.8) is 0 Å². The Bertz CT molecular complexity index is 310. The van der Waals surface area contributed by atoms with E-state index in [1.165, 1.54) is 11.1 Å². The van der Waals surface area contributed by atoms with Gasteiger partial charge in [0.2, 0.25) is 0 Å². The summed E-state index contributed by atoms with van der Waals surface area (Å²) in [5.74, 6) is -0.224. The summed E-state index contributed by atoms with van der Waals surface area (Å²) in [6.07, 6.45) is 1.43. The van der Waals surface area contributed by atoms with Gasteiger partial charge in [0.15, 0.2) is 5.69 Å². The lowest BCUT2D eigenvalue weighted by atomic mass is 10.1. The highest BCUT2D eigenvalue weighted by molar-refractivity contribution is 6.99. The zero-order valence-electron chi connectivity index (χ0n) is 8.39. The summed E-state index contributed by atoms with van der Waals surface area (Å²) < 4.78 is 7.60. The Labute approximate surface area is 86.7 Å². The standard InChI is InChI=1S/C8H13N3O2S/c1-8(2,5-12)11(3)7(13)6-4-9-14-10-6/h4,12H,5H2,1-3H3. The Hall–Kier alpha value is -1.01. The normalized spacial score (nSPS) is 11.4. The Morgan fingerprint density at radius 2 is 2.36 bits per heavy atom. The molecule has 0 radical (unpaired) electrons. The molecule has 5 nitrogen and oxygen atoms in total. The van der Waals surface area contributed by atoms with Crippen molar-refractivity contribution in [3.05, 3.63) is 11.9 Å². The lowest BCUT2D eigenvalue weighted by Gasteiger charge is -2.33. The van der Waals surface area contributed by atoms with Gasteiger partial charge in [0, 0.05) is 7.05 Å². The average molecular weight is 215 g/mol. The SMILES string of the molecule is CN(C(=O)c1cnsn1)C(C)(C)CO. The van der Waals surface area contributed by atoms with E-state index in [0.717, 1.165) is 11.7 Å². The number of carbonyl (C=O) groups excluding carboxylic acids is 1. The summed E-state index contributed by atoms with van der Waals surface area (Å²) >= 11 is 0.994. The molecule has 0 saturated heterocycles. The largest absolute Gasteiger partial charge is 0.394 e. The van der Waals surface area contributed by atoms with Gasteiger partial charge in [0.05, 0.1) is 30.1 Å². The number of aliphatic hydroxyl groups is 1. The molecule has 14 heavy (non-hydrogen) atoms. The minimum absolute atomic E-state index is 0.0905. The molecule has 1 aromatic heterocycles. The maximum Gasteiger partial charge on any atom is 0.275 e. The van der Waals surface area contributed by atoms with Crippen molar-refractivity contribution in [2.24, 2.45) is 0 Å². The molecule has 0 unspecified atom stereocenters. The third-order valence-electron chi connectivity index (χ3n) is 2.18. The van der Waals surface area contributed by atoms with E-state index < -0.39 is 5.54 Å². The zero-order chi connectivity index (χ0) is 10.8. The van der Waals surface area contributed by atoms with Crippen LogP contribution in [0.1, 0.15) is 24.3 Å². The molecule has 0 saturated carbocycles. The second-order valence-electron chi connectivity index (χ2n) is 3.63. The smallest absolute Gasteiger partial charge is 0.275 e. The first-order valence-corrected chi connectivity index (χ1v) is 4.88. The van der Waals surface area contributed by atoms with Gasteiger partial charge in [-0.25, -0.2) is 0 Å². The fourth-order valence-electron chi connectivity index (χ4n) is 0.812. The molecular formula is C8H13N3O2S. The lowest BCUT2D eigenvalue weighted by molar-refractivity contribution is 0.0468. The van der Waals surface area contributed by atoms with Crippen LogP contribution in [-0.4, -0.2) is 43.9 Å². The summed E-state index contributed by atoms with van der Waals surface area (Å²) in [7, 11) is 1.64. The van der Waals surface area contributed by atoms with Crippen molar-refractivity contribution in [1.29, 1.82) is 0 Å². The minimum Gasteiger partial charge on any atom is -0.394 e. The van der Waals surface area contributed by atoms with E-state index in [9.17, 15) is 4.79 Å². The number of nitrogens with zero attached hydrogens (tertiary/aromatic N) is 3. The molecule has 0 bridgehead atoms. The molecule has 1 aromatic rings. The maximum absolute atomic E-state index is 11.7. The highest BCUT2D eigenvalue weighted by atomic mass is 32.1. The van der Waals surface area contributed by atoms with Crippen LogP contribution in [0.4, 0.5) is 0 Å². The Morgan fingerprint density at radius 1 is 1.71 bits per heavy atom. The van der Waals surface area contributed by atoms with Crippen molar-refractivity contribution in [2.45, 2.75) is 19.4 Å². The van der Waals surface area contributed by atoms with E-state index in [1.54, 1.807) is 20.9 Å². The van der Waals surface area contributed by atoms with E-state index >= 15 is 0 Å². The minimum atomic E-state index is -0.583. The van der Waals surface area contributed by atoms with Crippen LogP contribution in [0.15, 0.2) is 6.20 Å². The van der Waals surface area contributed by atoms with Crippen molar-refractivity contribution in [3.8, 4) is 0 Å². The van der Waals surface area contributed by atoms with Crippen molar-refractivity contribution >= 4 is 17.6 Å². The number of carbonyl (C=O) groups is 1. The van der Waals surface area contributed by atoms with E-state index in [-0.39, 0.29) is 12.5 Å². The van der Waals surface area contributed by atoms with Crippen molar-refractivity contribution in [1.82, 2.24) is 13.6 Å². The number of aromatic nitrogens is 2. The Kier molecular flexibility index (Phi) is 3.17. The molecular weight excluding hydrogens is 202 g/mol. The van der Waals surface area contributed by atoms with Gasteiger partial charge >= 0.3 is 0 Å². The molecule has 1 heterocycles. The number of amides is 1. The summed E-state index contributed by atoms with van der Waals surface area (Å²) in [5.41, 5.74) is -0.264. The maximum atomic E-state index is 11.7. The summed E-state index contributed by atoms with van der Waals surface area (Å²) in [4.78, 5) is 13.2. The van der Waals surface area contributed by atoms with E-state index in [4.69, 9.17) is 5.11 Å². The summed E-state index contributed by atoms with van der Waals surface area (Å²) in [6, 6.07) is 0. The van der Waals surface area contributed by atoms with E-state index in [1.807, 2.05) is 0 Å². The van der Waals surface area contributed by atoms with Crippen LogP contribution in [0.2, 0.25) is 0 Å². The number of hydrogen-bond donors (Lipinski definition) is 1. The quantitative estimate of drug-likeness (QED) is 0.791. The first-order valence-electron chi connectivity index (χ1n) is 4.15. The third-order valence-corrected chi connectivity index (χ3v) is 2.66. The van der Waals surface area contributed by atoms with Gasteiger partial charge in [0.25, 0.3) is 5.91 Å². The lowest BCUT2D eigenvalue weighted by Crippen LogP contribution is -2.47. The molecule has 0 spiro atoms. The monoisotopic (exact) mass is 215 g/mol. The van der Waals surface area contributed by atoms with Gasteiger partial charge in [-0.1, -0.05) is 0 Å². The number of likely N-dealkylation sites (N-methyl/N-ethyl adjacent to an activating group) is 1. The fourth-order valence-corrected chi connectivity index (χ4v) is 1.22. The second kappa shape index (κ2) is 4.02. The number of aliphatic hydroxyl groups excluding tert-OH is 1. The fraction of sp³-hybridized carbons (Fsp3) is 0.625. The van der Waals surface area contributed by atoms with Crippen molar-refractivity contribution < 1.29 is 9.90 Å². The molecule has 1 rings (SSSR count). The first kappa shape index (κ1) is 11.1. The van der Waals surface area contributed by atoms with Gasteiger partial charge in [-0.2, -0.15) is 8.75 Å². The molecule has 1 N–H and O–H groups in total. The van der Waals surface area contributed by atoms with Crippen LogP contribution in [0.25, 0.3) is 0 Å². The molecule has 0 aromatic carbocycles. The van der Waals surface area contributed by atoms with Crippen LogP contribution < -0.4 is 0 Å². The summed E-state index contributed by atoms with van der Waals surface area (Å²) in [6.45, 7) is 3.47. The predicted octanol–water partition coefficient (Wildman–Crippen LogP) is 0.381. The van der Waals surface area contributed by atoms with Crippen LogP contribution in [-0.2, 0) is 0 Å². The van der Waals surface area contributed by atoms with Gasteiger partial charge in [-0.3, -0.25) is 4.79 Å². The van der Waals surface area contributed by atoms with Gasteiger partial charge < -0.3 is 10.0 Å². The molecule has 0 atom stereocenters. The van der Waals surface area contributed by atoms with Crippen LogP contribution in [0, 0.1) is 0 Å². The predicted molar refractivity (Wildman–Crippen MR) is 53.2 cm³/mol. The summed E-state index contributed by atoms with van der Waals surface area (Å²) in [5, 5.41) is 9.08. The van der Waals surface area contributed by atoms with Crippen LogP contribution in [0.5, 0.6) is 0 Å². The molecule has 0 aliphatic carbocycles. The zero-order valence-corrected chi connectivity index (χ0v) is 9.21. The Morgan fingerprint density at radius 3 is 2.79 bits per heavy atom. The first-order chi connectivity index (χ1) is 6.49. The third kappa shape index (κ3) is 2.08. The topological polar surface area (TPSA) is 66.3 Å². The Balaban J connectivity index is 2.81. The average Bonchev–Trinajstić information content (AvgIpc) is 2.68. The number of hydrogen-bond acceptors (Lipinski definition) is 5. The second-order valence-corrected chi connectivity index (χ2v) is 4.18.